The van der Waals surface area contributed by atoms with Crippen LogP contribution in [0.1, 0.15) is 29.8 Å². The molecule has 1 saturated heterocycles. The molecule has 6 heteroatoms. The van der Waals surface area contributed by atoms with E-state index in [1.54, 1.807) is 31.2 Å². The van der Waals surface area contributed by atoms with Gasteiger partial charge in [-0.15, -0.1) is 0 Å². The average molecular weight is 381 g/mol. The van der Waals surface area contributed by atoms with Crippen LogP contribution in [0.3, 0.4) is 0 Å². The summed E-state index contributed by atoms with van der Waals surface area (Å²) >= 11 is 0. The lowest BCUT2D eigenvalue weighted by molar-refractivity contribution is 0.0526. The molecule has 0 unspecified atom stereocenters. The van der Waals surface area contributed by atoms with Gasteiger partial charge in [0.25, 0.3) is 0 Å². The molecule has 28 heavy (non-hydrogen) atoms. The molecule has 1 fully saturated rings. The molecule has 0 spiro atoms. The molecule has 0 aliphatic carbocycles. The second-order valence-corrected chi connectivity index (χ2v) is 6.68. The van der Waals surface area contributed by atoms with Crippen LogP contribution >= 0.6 is 0 Å². The van der Waals surface area contributed by atoms with E-state index in [2.05, 4.69) is 41.4 Å². The smallest absolute Gasteiger partial charge is 0.338 e. The van der Waals surface area contributed by atoms with Crippen molar-refractivity contribution in [3.63, 3.8) is 0 Å². The predicted molar refractivity (Wildman–Crippen MR) is 111 cm³/mol. The normalized spacial score (nSPS) is 13.9. The van der Waals surface area contributed by atoms with Crippen molar-refractivity contribution in [3.05, 3.63) is 59.7 Å². The van der Waals surface area contributed by atoms with Gasteiger partial charge in [-0.1, -0.05) is 25.1 Å². The van der Waals surface area contributed by atoms with E-state index >= 15 is 0 Å². The standard InChI is InChI=1S/C22H27N3O3/c1-3-17-7-5-6-8-20(17)24-13-15-25(16-14-24)22(27)23-19-11-9-18(10-12-19)21(26)28-4-2/h5-12H,3-4,13-16H2,1-2H3,(H,23,27). The molecule has 1 N–H and O–H groups in total. The first-order chi connectivity index (χ1) is 13.6. The number of nitrogens with one attached hydrogen (secondary N) is 1. The van der Waals surface area contributed by atoms with Crippen LogP contribution in [0.25, 0.3) is 0 Å². The third-order valence-corrected chi connectivity index (χ3v) is 4.93. The first-order valence-electron chi connectivity index (χ1n) is 9.78. The second kappa shape index (κ2) is 9.26. The van der Waals surface area contributed by atoms with Gasteiger partial charge >= 0.3 is 12.0 Å². The number of amides is 2. The van der Waals surface area contributed by atoms with E-state index in [0.717, 1.165) is 19.5 Å². The third kappa shape index (κ3) is 4.63. The Morgan fingerprint density at radius 1 is 0.964 bits per heavy atom. The van der Waals surface area contributed by atoms with E-state index in [4.69, 9.17) is 4.74 Å². The summed E-state index contributed by atoms with van der Waals surface area (Å²) in [6.45, 7) is 7.24. The summed E-state index contributed by atoms with van der Waals surface area (Å²) < 4.78 is 4.97. The number of piperazine rings is 1. The lowest BCUT2D eigenvalue weighted by atomic mass is 10.1. The summed E-state index contributed by atoms with van der Waals surface area (Å²) in [5.74, 6) is -0.358. The Morgan fingerprint density at radius 3 is 2.29 bits per heavy atom. The quantitative estimate of drug-likeness (QED) is 0.801. The minimum atomic E-state index is -0.358. The van der Waals surface area contributed by atoms with E-state index in [1.165, 1.54) is 11.3 Å². The number of anilines is 2. The van der Waals surface area contributed by atoms with Gasteiger partial charge < -0.3 is 19.9 Å². The number of aryl methyl sites for hydroxylation is 1. The van der Waals surface area contributed by atoms with Gasteiger partial charge in [0.1, 0.15) is 0 Å². The molecule has 148 valence electrons. The van der Waals surface area contributed by atoms with Crippen LogP contribution in [0.2, 0.25) is 0 Å². The number of carbonyl (C=O) groups is 2. The number of hydrogen-bond donors (Lipinski definition) is 1. The maximum atomic E-state index is 12.6. The fourth-order valence-electron chi connectivity index (χ4n) is 3.38. The molecule has 1 aliphatic heterocycles. The Kier molecular flexibility index (Phi) is 6.53. The second-order valence-electron chi connectivity index (χ2n) is 6.68. The fraction of sp³-hybridized carbons (Fsp3) is 0.364. The summed E-state index contributed by atoms with van der Waals surface area (Å²) in [5.41, 5.74) is 3.74. The van der Waals surface area contributed by atoms with Crippen molar-refractivity contribution in [2.45, 2.75) is 20.3 Å². The van der Waals surface area contributed by atoms with E-state index in [0.29, 0.717) is 30.9 Å². The Balaban J connectivity index is 1.54. The molecular formula is C22H27N3O3. The van der Waals surface area contributed by atoms with Gasteiger partial charge in [-0.05, 0) is 49.2 Å². The van der Waals surface area contributed by atoms with Crippen LogP contribution in [-0.4, -0.2) is 49.7 Å². The summed E-state index contributed by atoms with van der Waals surface area (Å²) in [6.07, 6.45) is 0.999. The van der Waals surface area contributed by atoms with Crippen LogP contribution in [0, 0.1) is 0 Å². The number of urea groups is 1. The SMILES string of the molecule is CCOC(=O)c1ccc(NC(=O)N2CCN(c3ccccc3CC)CC2)cc1. The van der Waals surface area contributed by atoms with Crippen LogP contribution in [0.15, 0.2) is 48.5 Å². The summed E-state index contributed by atoms with van der Waals surface area (Å²) in [5, 5.41) is 2.90. The highest BCUT2D eigenvalue weighted by molar-refractivity contribution is 5.92. The Bertz CT molecular complexity index is 812. The Morgan fingerprint density at radius 2 is 1.64 bits per heavy atom. The van der Waals surface area contributed by atoms with Crippen molar-refractivity contribution in [1.82, 2.24) is 4.90 Å². The first-order valence-corrected chi connectivity index (χ1v) is 9.78. The fourth-order valence-corrected chi connectivity index (χ4v) is 3.38. The van der Waals surface area contributed by atoms with Crippen LogP contribution in [0.4, 0.5) is 16.2 Å². The van der Waals surface area contributed by atoms with Crippen molar-refractivity contribution >= 4 is 23.4 Å². The molecule has 1 aliphatic rings. The lowest BCUT2D eigenvalue weighted by Crippen LogP contribution is -2.50. The van der Waals surface area contributed by atoms with Crippen molar-refractivity contribution in [1.29, 1.82) is 0 Å². The largest absolute Gasteiger partial charge is 0.462 e. The average Bonchev–Trinajstić information content (AvgIpc) is 2.74. The third-order valence-electron chi connectivity index (χ3n) is 4.93. The lowest BCUT2D eigenvalue weighted by Gasteiger charge is -2.37. The molecule has 0 radical (unpaired) electrons. The van der Waals surface area contributed by atoms with Crippen molar-refractivity contribution in [2.75, 3.05) is 43.0 Å². The molecule has 3 rings (SSSR count). The van der Waals surface area contributed by atoms with Crippen molar-refractivity contribution in [3.8, 4) is 0 Å². The van der Waals surface area contributed by atoms with Gasteiger partial charge in [0.05, 0.1) is 12.2 Å². The monoisotopic (exact) mass is 381 g/mol. The number of esters is 1. The van der Waals surface area contributed by atoms with E-state index in [-0.39, 0.29) is 12.0 Å². The highest BCUT2D eigenvalue weighted by Crippen LogP contribution is 2.22. The highest BCUT2D eigenvalue weighted by Gasteiger charge is 2.22. The maximum Gasteiger partial charge on any atom is 0.338 e. The number of para-hydroxylation sites is 1. The number of rotatable bonds is 5. The zero-order valence-electron chi connectivity index (χ0n) is 16.5. The Labute approximate surface area is 166 Å². The number of benzene rings is 2. The van der Waals surface area contributed by atoms with E-state index in [1.807, 2.05) is 4.90 Å². The summed E-state index contributed by atoms with van der Waals surface area (Å²) in [6, 6.07) is 15.1. The molecule has 0 bridgehead atoms. The number of hydrogen-bond acceptors (Lipinski definition) is 4. The predicted octanol–water partition coefficient (Wildman–Crippen LogP) is 3.78. The van der Waals surface area contributed by atoms with E-state index in [9.17, 15) is 9.59 Å². The number of ether oxygens (including phenoxy) is 1. The summed E-state index contributed by atoms with van der Waals surface area (Å²) in [4.78, 5) is 28.4. The minimum absolute atomic E-state index is 0.118. The van der Waals surface area contributed by atoms with Gasteiger partial charge in [-0.3, -0.25) is 0 Å². The molecule has 2 aromatic rings. The highest BCUT2D eigenvalue weighted by atomic mass is 16.5. The molecule has 0 saturated carbocycles. The zero-order valence-corrected chi connectivity index (χ0v) is 16.5. The number of nitrogens with zero attached hydrogens (tertiary/aromatic N) is 2. The van der Waals surface area contributed by atoms with Crippen LogP contribution in [0.5, 0.6) is 0 Å². The van der Waals surface area contributed by atoms with Crippen molar-refractivity contribution < 1.29 is 14.3 Å². The maximum absolute atomic E-state index is 12.6. The molecule has 1 heterocycles. The van der Waals surface area contributed by atoms with Gasteiger partial charge in [0.2, 0.25) is 0 Å². The molecular weight excluding hydrogens is 354 g/mol. The molecule has 2 aromatic carbocycles. The van der Waals surface area contributed by atoms with Gasteiger partial charge in [0.15, 0.2) is 0 Å². The molecule has 6 nitrogen and oxygen atoms in total. The van der Waals surface area contributed by atoms with Gasteiger partial charge in [-0.25, -0.2) is 9.59 Å². The summed E-state index contributed by atoms with van der Waals surface area (Å²) in [7, 11) is 0. The minimum Gasteiger partial charge on any atom is -0.462 e. The Hall–Kier alpha value is -3.02. The molecule has 0 atom stereocenters. The number of carbonyl (C=O) groups excluding carboxylic acids is 2. The topological polar surface area (TPSA) is 61.9 Å². The molecule has 0 aromatic heterocycles. The van der Waals surface area contributed by atoms with Crippen LogP contribution in [-0.2, 0) is 11.2 Å². The van der Waals surface area contributed by atoms with Gasteiger partial charge in [0, 0.05) is 37.6 Å². The zero-order chi connectivity index (χ0) is 19.9. The molecule has 2 amide bonds. The van der Waals surface area contributed by atoms with E-state index < -0.39 is 0 Å². The van der Waals surface area contributed by atoms with Crippen LogP contribution < -0.4 is 10.2 Å². The van der Waals surface area contributed by atoms with Crippen molar-refractivity contribution in [2.24, 2.45) is 0 Å². The first kappa shape index (κ1) is 19.7. The van der Waals surface area contributed by atoms with Gasteiger partial charge in [-0.2, -0.15) is 0 Å².